The molecule has 0 saturated heterocycles. The Kier molecular flexibility index (Phi) is 4.72. The fraction of sp³-hybridized carbons (Fsp3) is 0.111. The molecule has 0 atom stereocenters. The van der Waals surface area contributed by atoms with E-state index in [0.29, 0.717) is 23.5 Å². The molecule has 0 spiro atoms. The second-order valence-corrected chi connectivity index (χ2v) is 5.76. The number of hydrogen-bond donors (Lipinski definition) is 2. The third-order valence-electron chi connectivity index (χ3n) is 3.78. The summed E-state index contributed by atoms with van der Waals surface area (Å²) in [6, 6.07) is 7.61. The van der Waals surface area contributed by atoms with Crippen LogP contribution in [0.3, 0.4) is 0 Å². The van der Waals surface area contributed by atoms with E-state index >= 15 is 0 Å². The summed E-state index contributed by atoms with van der Waals surface area (Å²) >= 11 is 5.89. The molecule has 1 amide bonds. The van der Waals surface area contributed by atoms with Crippen LogP contribution in [0.15, 0.2) is 54.4 Å². The number of halogens is 2. The molecule has 0 unspecified atom stereocenters. The first-order valence-electron chi connectivity index (χ1n) is 7.52. The van der Waals surface area contributed by atoms with Crippen molar-refractivity contribution in [2.24, 2.45) is 0 Å². The first-order valence-corrected chi connectivity index (χ1v) is 7.90. The van der Waals surface area contributed by atoms with Crippen molar-refractivity contribution in [1.82, 2.24) is 10.3 Å². The van der Waals surface area contributed by atoms with E-state index in [1.807, 2.05) is 0 Å². The molecule has 2 aromatic rings. The quantitative estimate of drug-likeness (QED) is 0.879. The molecule has 1 aromatic heterocycles. The number of nitrogens with one attached hydrogen (secondary N) is 1. The number of carbonyl (C=O) groups is 1. The Morgan fingerprint density at radius 1 is 1.36 bits per heavy atom. The first kappa shape index (κ1) is 17.0. The molecule has 0 saturated carbocycles. The van der Waals surface area contributed by atoms with Crippen LogP contribution in [0.4, 0.5) is 10.1 Å². The lowest BCUT2D eigenvalue weighted by Crippen LogP contribution is -2.26. The molecular weight excluding hydrogens is 345 g/mol. The van der Waals surface area contributed by atoms with E-state index in [-0.39, 0.29) is 22.4 Å². The number of aromatic nitrogens is 1. The Morgan fingerprint density at radius 2 is 2.16 bits per heavy atom. The van der Waals surface area contributed by atoms with Crippen LogP contribution in [0.2, 0.25) is 5.02 Å². The van der Waals surface area contributed by atoms with Gasteiger partial charge in [-0.25, -0.2) is 4.39 Å². The summed E-state index contributed by atoms with van der Waals surface area (Å²) in [5.74, 6) is -0.816. The van der Waals surface area contributed by atoms with Gasteiger partial charge in [0.1, 0.15) is 17.3 Å². The summed E-state index contributed by atoms with van der Waals surface area (Å²) in [4.78, 5) is 17.6. The van der Waals surface area contributed by atoms with Crippen molar-refractivity contribution in [2.75, 3.05) is 18.5 Å². The van der Waals surface area contributed by atoms with Crippen molar-refractivity contribution in [3.05, 3.63) is 76.5 Å². The van der Waals surface area contributed by atoms with E-state index in [4.69, 9.17) is 11.6 Å². The van der Waals surface area contributed by atoms with Gasteiger partial charge in [0.15, 0.2) is 0 Å². The van der Waals surface area contributed by atoms with Crippen molar-refractivity contribution in [2.45, 2.75) is 0 Å². The molecule has 1 aliphatic rings. The summed E-state index contributed by atoms with van der Waals surface area (Å²) in [7, 11) is 1.52. The van der Waals surface area contributed by atoms with E-state index in [1.165, 1.54) is 25.4 Å². The van der Waals surface area contributed by atoms with Crippen LogP contribution < -0.4 is 10.2 Å². The van der Waals surface area contributed by atoms with Crippen LogP contribution >= 0.6 is 11.6 Å². The highest BCUT2D eigenvalue weighted by molar-refractivity contribution is 6.31. The molecule has 1 aliphatic heterocycles. The molecule has 2 heterocycles. The number of amides is 1. The lowest BCUT2D eigenvalue weighted by Gasteiger charge is -2.29. The van der Waals surface area contributed by atoms with E-state index in [0.717, 1.165) is 0 Å². The maximum Gasteiger partial charge on any atom is 0.269 e. The average Bonchev–Trinajstić information content (AvgIpc) is 2.63. The molecule has 0 aliphatic carbocycles. The van der Waals surface area contributed by atoms with E-state index in [2.05, 4.69) is 10.3 Å². The second-order valence-electron chi connectivity index (χ2n) is 5.35. The molecule has 128 valence electrons. The van der Waals surface area contributed by atoms with E-state index < -0.39 is 5.82 Å². The zero-order valence-corrected chi connectivity index (χ0v) is 14.1. The number of allylic oxidation sites excluding steroid dienone is 1. The van der Waals surface area contributed by atoms with Crippen molar-refractivity contribution in [3.63, 3.8) is 0 Å². The Labute approximate surface area is 149 Å². The lowest BCUT2D eigenvalue weighted by atomic mass is 10.1. The summed E-state index contributed by atoms with van der Waals surface area (Å²) in [5.41, 5.74) is 1.94. The van der Waals surface area contributed by atoms with E-state index in [1.54, 1.807) is 35.3 Å². The predicted molar refractivity (Wildman–Crippen MR) is 95.1 cm³/mol. The monoisotopic (exact) mass is 359 g/mol. The number of aliphatic hydroxyl groups is 1. The van der Waals surface area contributed by atoms with Gasteiger partial charge in [-0.1, -0.05) is 17.7 Å². The maximum atomic E-state index is 13.5. The highest BCUT2D eigenvalue weighted by Crippen LogP contribution is 2.33. The predicted octanol–water partition coefficient (Wildman–Crippen LogP) is 3.54. The summed E-state index contributed by atoms with van der Waals surface area (Å²) in [5, 5.41) is 12.9. The van der Waals surface area contributed by atoms with Crippen LogP contribution in [-0.2, 0) is 0 Å². The maximum absolute atomic E-state index is 13.5. The van der Waals surface area contributed by atoms with Crippen LogP contribution in [0.25, 0.3) is 5.70 Å². The number of anilines is 1. The molecule has 0 fully saturated rings. The lowest BCUT2D eigenvalue weighted by molar-refractivity contribution is 0.0958. The number of nitrogens with zero attached hydrogens (tertiary/aromatic N) is 2. The fourth-order valence-corrected chi connectivity index (χ4v) is 2.77. The van der Waals surface area contributed by atoms with Crippen molar-refractivity contribution in [3.8, 4) is 0 Å². The van der Waals surface area contributed by atoms with Crippen LogP contribution in [0, 0.1) is 5.82 Å². The van der Waals surface area contributed by atoms with Crippen molar-refractivity contribution >= 4 is 28.9 Å². The van der Waals surface area contributed by atoms with Gasteiger partial charge in [-0.15, -0.1) is 0 Å². The minimum Gasteiger partial charge on any atom is -0.506 e. The second kappa shape index (κ2) is 6.94. The largest absolute Gasteiger partial charge is 0.506 e. The average molecular weight is 360 g/mol. The number of hydrogen-bond acceptors (Lipinski definition) is 4. The highest BCUT2D eigenvalue weighted by Gasteiger charge is 2.22. The SMILES string of the molecule is CNC(=O)c1cc(C2=C(O)C=CCN2c2ccc(F)c(Cl)c2)ccn1. The van der Waals surface area contributed by atoms with Gasteiger partial charge in [-0.05, 0) is 36.4 Å². The van der Waals surface area contributed by atoms with Gasteiger partial charge in [-0.2, -0.15) is 0 Å². The smallest absolute Gasteiger partial charge is 0.269 e. The van der Waals surface area contributed by atoms with Crippen LogP contribution in [-0.4, -0.2) is 29.6 Å². The van der Waals surface area contributed by atoms with Gasteiger partial charge in [0, 0.05) is 31.0 Å². The number of benzene rings is 1. The molecule has 5 nitrogen and oxygen atoms in total. The molecule has 2 N–H and O–H groups in total. The van der Waals surface area contributed by atoms with Gasteiger partial charge >= 0.3 is 0 Å². The van der Waals surface area contributed by atoms with Crippen LogP contribution in [0.5, 0.6) is 0 Å². The first-order chi connectivity index (χ1) is 12.0. The van der Waals surface area contributed by atoms with Crippen molar-refractivity contribution < 1.29 is 14.3 Å². The minimum absolute atomic E-state index is 0.00771. The summed E-state index contributed by atoms with van der Waals surface area (Å²) in [6.07, 6.45) is 4.85. The molecular formula is C18H15ClFN3O2. The van der Waals surface area contributed by atoms with E-state index in [9.17, 15) is 14.3 Å². The minimum atomic E-state index is -0.515. The molecule has 25 heavy (non-hydrogen) atoms. The third kappa shape index (κ3) is 3.34. The summed E-state index contributed by atoms with van der Waals surface area (Å²) < 4.78 is 13.5. The Morgan fingerprint density at radius 3 is 2.88 bits per heavy atom. The number of aliphatic hydroxyl groups excluding tert-OH is 1. The highest BCUT2D eigenvalue weighted by atomic mass is 35.5. The van der Waals surface area contributed by atoms with Gasteiger partial charge < -0.3 is 15.3 Å². The van der Waals surface area contributed by atoms with Crippen molar-refractivity contribution in [1.29, 1.82) is 0 Å². The zero-order chi connectivity index (χ0) is 18.0. The third-order valence-corrected chi connectivity index (χ3v) is 4.07. The topological polar surface area (TPSA) is 65.5 Å². The molecule has 0 bridgehead atoms. The molecule has 0 radical (unpaired) electrons. The molecule has 7 heteroatoms. The number of rotatable bonds is 3. The van der Waals surface area contributed by atoms with Gasteiger partial charge in [-0.3, -0.25) is 9.78 Å². The number of carbonyl (C=O) groups excluding carboxylic acids is 1. The van der Waals surface area contributed by atoms with Gasteiger partial charge in [0.05, 0.1) is 10.7 Å². The Hall–Kier alpha value is -2.86. The molecule has 3 rings (SSSR count). The number of pyridine rings is 1. The standard InChI is InChI=1S/C18H15ClFN3O2/c1-21-18(25)15-9-11(6-7-22-15)17-16(24)3-2-8-23(17)12-4-5-14(20)13(19)10-12/h2-7,9-10,24H,8H2,1H3,(H,21,25). The Bertz CT molecular complexity index is 896. The zero-order valence-electron chi connectivity index (χ0n) is 13.3. The van der Waals surface area contributed by atoms with Crippen LogP contribution in [0.1, 0.15) is 16.1 Å². The fourth-order valence-electron chi connectivity index (χ4n) is 2.60. The summed E-state index contributed by atoms with van der Waals surface area (Å²) in [6.45, 7) is 0.457. The Balaban J connectivity index is 2.08. The normalized spacial score (nSPS) is 14.0. The van der Waals surface area contributed by atoms with Gasteiger partial charge in [0.2, 0.25) is 0 Å². The molecule has 1 aromatic carbocycles. The van der Waals surface area contributed by atoms with Gasteiger partial charge in [0.25, 0.3) is 5.91 Å².